The smallest absolute Gasteiger partial charge is 0.278 e. The number of hydrogen-bond acceptors (Lipinski definition) is 5. The first-order valence-electron chi connectivity index (χ1n) is 8.60. The van der Waals surface area contributed by atoms with Crippen LogP contribution in [0.4, 0.5) is 5.13 Å². The van der Waals surface area contributed by atoms with Crippen LogP contribution in [0.1, 0.15) is 35.9 Å². The SMILES string of the molecule is C[C@H]1CCCN(Cc2csc(NC(=O)c3n[nH]c4ccccc34)n2)C1. The van der Waals surface area contributed by atoms with E-state index >= 15 is 0 Å². The van der Waals surface area contributed by atoms with Crippen molar-refractivity contribution >= 4 is 33.3 Å². The van der Waals surface area contributed by atoms with Gasteiger partial charge in [0.15, 0.2) is 10.8 Å². The zero-order valence-corrected chi connectivity index (χ0v) is 15.0. The van der Waals surface area contributed by atoms with Gasteiger partial charge in [0.05, 0.1) is 11.2 Å². The average molecular weight is 355 g/mol. The Morgan fingerprint density at radius 2 is 2.32 bits per heavy atom. The van der Waals surface area contributed by atoms with Gasteiger partial charge in [-0.2, -0.15) is 5.10 Å². The molecular formula is C18H21N5OS. The summed E-state index contributed by atoms with van der Waals surface area (Å²) in [5.74, 6) is 0.518. The predicted molar refractivity (Wildman–Crippen MR) is 99.8 cm³/mol. The van der Waals surface area contributed by atoms with Gasteiger partial charge in [-0.15, -0.1) is 11.3 Å². The molecule has 7 heteroatoms. The van der Waals surface area contributed by atoms with Crippen LogP contribution in [0.5, 0.6) is 0 Å². The van der Waals surface area contributed by atoms with Crippen LogP contribution < -0.4 is 5.32 Å². The highest BCUT2D eigenvalue weighted by atomic mass is 32.1. The number of rotatable bonds is 4. The van der Waals surface area contributed by atoms with Crippen molar-refractivity contribution in [3.05, 3.63) is 41.0 Å². The minimum absolute atomic E-state index is 0.232. The number of fused-ring (bicyclic) bond motifs is 1. The number of benzene rings is 1. The minimum Gasteiger partial charge on any atom is -0.297 e. The minimum atomic E-state index is -0.232. The summed E-state index contributed by atoms with van der Waals surface area (Å²) >= 11 is 1.46. The lowest BCUT2D eigenvalue weighted by Gasteiger charge is -2.30. The number of amides is 1. The van der Waals surface area contributed by atoms with Crippen molar-refractivity contribution in [2.75, 3.05) is 18.4 Å². The molecule has 1 atom stereocenters. The molecule has 0 radical (unpaired) electrons. The number of carbonyl (C=O) groups excluding carboxylic acids is 1. The lowest BCUT2D eigenvalue weighted by molar-refractivity contribution is 0.102. The van der Waals surface area contributed by atoms with E-state index in [1.807, 2.05) is 29.6 Å². The van der Waals surface area contributed by atoms with Gasteiger partial charge < -0.3 is 0 Å². The molecule has 1 amide bonds. The van der Waals surface area contributed by atoms with Crippen molar-refractivity contribution in [1.29, 1.82) is 0 Å². The summed E-state index contributed by atoms with van der Waals surface area (Å²) in [6.07, 6.45) is 2.56. The molecule has 1 aliphatic heterocycles. The molecule has 0 unspecified atom stereocenters. The summed E-state index contributed by atoms with van der Waals surface area (Å²) in [5.41, 5.74) is 2.27. The van der Waals surface area contributed by atoms with Gasteiger partial charge >= 0.3 is 0 Å². The molecule has 3 aromatic rings. The first-order valence-corrected chi connectivity index (χ1v) is 9.48. The molecule has 0 saturated carbocycles. The molecule has 0 aliphatic carbocycles. The Balaban J connectivity index is 1.43. The molecule has 25 heavy (non-hydrogen) atoms. The highest BCUT2D eigenvalue weighted by Gasteiger charge is 2.18. The maximum Gasteiger partial charge on any atom is 0.278 e. The molecule has 6 nitrogen and oxygen atoms in total. The number of nitrogens with zero attached hydrogens (tertiary/aromatic N) is 3. The number of aromatic amines is 1. The summed E-state index contributed by atoms with van der Waals surface area (Å²) in [6, 6.07) is 7.60. The van der Waals surface area contributed by atoms with Gasteiger partial charge in [-0.25, -0.2) is 4.98 Å². The van der Waals surface area contributed by atoms with Crippen molar-refractivity contribution in [2.45, 2.75) is 26.3 Å². The zero-order valence-electron chi connectivity index (χ0n) is 14.2. The molecule has 4 rings (SSSR count). The molecule has 2 N–H and O–H groups in total. The molecule has 130 valence electrons. The summed E-state index contributed by atoms with van der Waals surface area (Å²) in [6.45, 7) is 5.40. The van der Waals surface area contributed by atoms with Gasteiger partial charge in [0, 0.05) is 23.9 Å². The van der Waals surface area contributed by atoms with Crippen LogP contribution >= 0.6 is 11.3 Å². The Kier molecular flexibility index (Phi) is 4.50. The first kappa shape index (κ1) is 16.2. The lowest BCUT2D eigenvalue weighted by atomic mass is 10.0. The number of para-hydroxylation sites is 1. The Morgan fingerprint density at radius 3 is 3.20 bits per heavy atom. The van der Waals surface area contributed by atoms with E-state index in [1.54, 1.807) is 0 Å². The van der Waals surface area contributed by atoms with E-state index in [0.717, 1.165) is 42.1 Å². The largest absolute Gasteiger partial charge is 0.297 e. The molecule has 1 saturated heterocycles. The number of H-pyrrole nitrogens is 1. The lowest BCUT2D eigenvalue weighted by Crippen LogP contribution is -2.33. The molecule has 1 aliphatic rings. The number of likely N-dealkylation sites (tertiary alicyclic amines) is 1. The van der Waals surface area contributed by atoms with Crippen LogP contribution in [-0.2, 0) is 6.54 Å². The fourth-order valence-electron chi connectivity index (χ4n) is 3.39. The van der Waals surface area contributed by atoms with Gasteiger partial charge in [0.2, 0.25) is 0 Å². The second-order valence-corrected chi connectivity index (χ2v) is 7.56. The molecule has 0 spiro atoms. The molecule has 1 aromatic carbocycles. The normalized spacial score (nSPS) is 18.5. The first-order chi connectivity index (χ1) is 12.2. The molecule has 3 heterocycles. The Bertz CT molecular complexity index is 886. The van der Waals surface area contributed by atoms with Crippen molar-refractivity contribution in [2.24, 2.45) is 5.92 Å². The monoisotopic (exact) mass is 355 g/mol. The molecule has 2 aromatic heterocycles. The highest BCUT2D eigenvalue weighted by molar-refractivity contribution is 7.14. The van der Waals surface area contributed by atoms with Crippen LogP contribution in [-0.4, -0.2) is 39.1 Å². The van der Waals surface area contributed by atoms with E-state index in [2.05, 4.69) is 32.3 Å². The van der Waals surface area contributed by atoms with Crippen LogP contribution in [0.3, 0.4) is 0 Å². The number of thiazole rings is 1. The van der Waals surface area contributed by atoms with E-state index < -0.39 is 0 Å². The number of nitrogens with one attached hydrogen (secondary N) is 2. The van der Waals surface area contributed by atoms with E-state index in [4.69, 9.17) is 0 Å². The van der Waals surface area contributed by atoms with E-state index in [0.29, 0.717) is 10.8 Å². The van der Waals surface area contributed by atoms with Gasteiger partial charge in [0.25, 0.3) is 5.91 Å². The zero-order chi connectivity index (χ0) is 17.2. The third-order valence-corrected chi connectivity index (χ3v) is 5.39. The van der Waals surface area contributed by atoms with Crippen LogP contribution in [0.2, 0.25) is 0 Å². The second-order valence-electron chi connectivity index (χ2n) is 6.70. The Labute approximate surface area is 150 Å². The maximum atomic E-state index is 12.5. The standard InChI is InChI=1S/C18H21N5OS/c1-12-5-4-8-23(9-12)10-13-11-25-18(19-13)20-17(24)16-14-6-2-3-7-15(14)21-22-16/h2-3,6-7,11-12H,4-5,8-10H2,1H3,(H,21,22)(H,19,20,24)/t12-/m0/s1. The van der Waals surface area contributed by atoms with Crippen LogP contribution in [0.25, 0.3) is 10.9 Å². The van der Waals surface area contributed by atoms with Crippen LogP contribution in [0, 0.1) is 5.92 Å². The van der Waals surface area contributed by atoms with E-state index in [1.165, 1.54) is 24.2 Å². The van der Waals surface area contributed by atoms with Gasteiger partial charge in [-0.05, 0) is 31.4 Å². The number of hydrogen-bond donors (Lipinski definition) is 2. The maximum absolute atomic E-state index is 12.5. The van der Waals surface area contributed by atoms with Crippen LogP contribution in [0.15, 0.2) is 29.6 Å². The summed E-state index contributed by atoms with van der Waals surface area (Å²) in [5, 5.41) is 13.4. The Hall–Kier alpha value is -2.25. The Morgan fingerprint density at radius 1 is 1.44 bits per heavy atom. The highest BCUT2D eigenvalue weighted by Crippen LogP contribution is 2.22. The number of aromatic nitrogens is 3. The second kappa shape index (κ2) is 6.93. The third-order valence-electron chi connectivity index (χ3n) is 4.58. The van der Waals surface area contributed by atoms with Crippen molar-refractivity contribution in [3.8, 4) is 0 Å². The quantitative estimate of drug-likeness (QED) is 0.751. The topological polar surface area (TPSA) is 73.9 Å². The van der Waals surface area contributed by atoms with Gasteiger partial charge in [-0.1, -0.05) is 25.1 Å². The number of anilines is 1. The summed E-state index contributed by atoms with van der Waals surface area (Å²) in [7, 11) is 0. The number of piperidine rings is 1. The van der Waals surface area contributed by atoms with Gasteiger partial charge in [-0.3, -0.25) is 20.1 Å². The van der Waals surface area contributed by atoms with Crippen molar-refractivity contribution in [3.63, 3.8) is 0 Å². The van der Waals surface area contributed by atoms with E-state index in [-0.39, 0.29) is 5.91 Å². The van der Waals surface area contributed by atoms with Crippen molar-refractivity contribution in [1.82, 2.24) is 20.1 Å². The number of carbonyl (C=O) groups is 1. The fraction of sp³-hybridized carbons (Fsp3) is 0.389. The molecule has 1 fully saturated rings. The summed E-state index contributed by atoms with van der Waals surface area (Å²) < 4.78 is 0. The molecule has 0 bridgehead atoms. The van der Waals surface area contributed by atoms with Crippen molar-refractivity contribution < 1.29 is 4.79 Å². The molecular weight excluding hydrogens is 334 g/mol. The summed E-state index contributed by atoms with van der Waals surface area (Å²) in [4.78, 5) is 19.5. The average Bonchev–Trinajstić information content (AvgIpc) is 3.21. The van der Waals surface area contributed by atoms with E-state index in [9.17, 15) is 4.79 Å². The third kappa shape index (κ3) is 3.57. The fourth-order valence-corrected chi connectivity index (χ4v) is 4.09. The van der Waals surface area contributed by atoms with Gasteiger partial charge in [0.1, 0.15) is 0 Å². The predicted octanol–water partition coefficient (Wildman–Crippen LogP) is 3.50.